The first kappa shape index (κ1) is 7.42. The van der Waals surface area contributed by atoms with Crippen LogP contribution in [0.2, 0.25) is 0 Å². The fourth-order valence-electron chi connectivity index (χ4n) is 0.976. The summed E-state index contributed by atoms with van der Waals surface area (Å²) < 4.78 is 3.35. The zero-order valence-corrected chi connectivity index (χ0v) is 6.84. The maximum atomic E-state index is 3.35. The molecule has 1 aliphatic rings. The third kappa shape index (κ3) is 2.59. The molecule has 0 unspecified atom stereocenters. The van der Waals surface area contributed by atoms with Gasteiger partial charge < -0.3 is 0 Å². The maximum absolute atomic E-state index is 3.35. The maximum Gasteiger partial charge on any atom is 0.00868 e. The minimum Gasteiger partial charge on any atom is -0.264 e. The van der Waals surface area contributed by atoms with Crippen LogP contribution >= 0.6 is 11.9 Å². The normalized spacial score (nSPS) is 19.7. The summed E-state index contributed by atoms with van der Waals surface area (Å²) in [5.41, 5.74) is 0. The highest BCUT2D eigenvalue weighted by Crippen LogP contribution is 2.25. The molecule has 2 heteroatoms. The van der Waals surface area contributed by atoms with Crippen molar-refractivity contribution in [3.8, 4) is 0 Å². The molecule has 1 rings (SSSR count). The van der Waals surface area contributed by atoms with Crippen LogP contribution in [0.3, 0.4) is 0 Å². The highest BCUT2D eigenvalue weighted by Gasteiger charge is 2.15. The van der Waals surface area contributed by atoms with Gasteiger partial charge in [0.25, 0.3) is 0 Å². The molecular weight excluding hydrogens is 130 g/mol. The predicted molar refractivity (Wildman–Crippen MR) is 43.5 cm³/mol. The smallest absolute Gasteiger partial charge is 0.00868 e. The molecule has 1 fully saturated rings. The van der Waals surface area contributed by atoms with Crippen molar-refractivity contribution in [3.05, 3.63) is 0 Å². The number of hydrogen-bond acceptors (Lipinski definition) is 2. The van der Waals surface area contributed by atoms with E-state index in [-0.39, 0.29) is 0 Å². The zero-order valence-electron chi connectivity index (χ0n) is 6.02. The van der Waals surface area contributed by atoms with Crippen LogP contribution in [0.15, 0.2) is 0 Å². The molecule has 9 heavy (non-hydrogen) atoms. The first-order valence-corrected chi connectivity index (χ1v) is 4.76. The van der Waals surface area contributed by atoms with Gasteiger partial charge in [-0.15, -0.1) is 0 Å². The summed E-state index contributed by atoms with van der Waals surface area (Å²) in [6.07, 6.45) is 4.37. The lowest BCUT2D eigenvalue weighted by Gasteiger charge is -2.24. The molecule has 1 nitrogen and oxygen atoms in total. The molecule has 0 spiro atoms. The zero-order chi connectivity index (χ0) is 6.53. The summed E-state index contributed by atoms with van der Waals surface area (Å²) in [5, 5.41) is 0. The lowest BCUT2D eigenvalue weighted by molar-refractivity contribution is 0.319. The fourth-order valence-corrected chi connectivity index (χ4v) is 1.53. The van der Waals surface area contributed by atoms with E-state index in [9.17, 15) is 0 Å². The Hall–Kier alpha value is 0.310. The number of rotatable bonds is 4. The fraction of sp³-hybridized carbons (Fsp3) is 1.00. The van der Waals surface area contributed by atoms with Gasteiger partial charge in [-0.25, -0.2) is 0 Å². The molecule has 0 saturated heterocycles. The van der Waals surface area contributed by atoms with Crippen LogP contribution in [0.25, 0.3) is 0 Å². The number of nitrogens with one attached hydrogen (secondary N) is 1. The van der Waals surface area contributed by atoms with E-state index in [1.54, 1.807) is 0 Å². The predicted octanol–water partition coefficient (Wildman–Crippen LogP) is 2.04. The van der Waals surface area contributed by atoms with Crippen molar-refractivity contribution in [1.29, 1.82) is 0 Å². The van der Waals surface area contributed by atoms with Crippen molar-refractivity contribution >= 4 is 11.9 Å². The molecule has 0 aromatic heterocycles. The van der Waals surface area contributed by atoms with Gasteiger partial charge in [-0.2, -0.15) is 0 Å². The second kappa shape index (κ2) is 4.18. The minimum atomic E-state index is 1.00. The quantitative estimate of drug-likeness (QED) is 0.480. The summed E-state index contributed by atoms with van der Waals surface area (Å²) >= 11 is 1.84. The molecule has 0 atom stereocenters. The van der Waals surface area contributed by atoms with Crippen molar-refractivity contribution in [2.45, 2.75) is 26.2 Å². The second-order valence-electron chi connectivity index (χ2n) is 2.58. The lowest BCUT2D eigenvalue weighted by Crippen LogP contribution is -2.23. The summed E-state index contributed by atoms with van der Waals surface area (Å²) in [6, 6.07) is 0. The molecular formula is C7H15NS. The van der Waals surface area contributed by atoms with Crippen LogP contribution in [-0.2, 0) is 0 Å². The first-order chi connectivity index (χ1) is 4.43. The van der Waals surface area contributed by atoms with Crippen LogP contribution < -0.4 is 4.72 Å². The van der Waals surface area contributed by atoms with Crippen molar-refractivity contribution in [3.63, 3.8) is 0 Å². The molecule has 0 amide bonds. The molecule has 1 N–H and O–H groups in total. The Morgan fingerprint density at radius 1 is 1.56 bits per heavy atom. The van der Waals surface area contributed by atoms with E-state index in [1.807, 2.05) is 11.9 Å². The van der Waals surface area contributed by atoms with E-state index >= 15 is 0 Å². The third-order valence-corrected chi connectivity index (χ3v) is 2.50. The SMILES string of the molecule is CCSNCC1CCC1. The molecule has 0 radical (unpaired) electrons. The molecule has 0 heterocycles. The topological polar surface area (TPSA) is 12.0 Å². The largest absolute Gasteiger partial charge is 0.264 e. The third-order valence-electron chi connectivity index (χ3n) is 1.84. The molecule has 1 saturated carbocycles. The van der Waals surface area contributed by atoms with Gasteiger partial charge in [-0.3, -0.25) is 4.72 Å². The second-order valence-corrected chi connectivity index (χ2v) is 3.73. The highest BCUT2D eigenvalue weighted by atomic mass is 32.2. The van der Waals surface area contributed by atoms with Crippen LogP contribution in [0.1, 0.15) is 26.2 Å². The van der Waals surface area contributed by atoms with E-state index in [2.05, 4.69) is 11.6 Å². The first-order valence-electron chi connectivity index (χ1n) is 3.78. The van der Waals surface area contributed by atoms with Gasteiger partial charge >= 0.3 is 0 Å². The Labute approximate surface area is 61.7 Å². The monoisotopic (exact) mass is 145 g/mol. The molecule has 0 aromatic carbocycles. The van der Waals surface area contributed by atoms with Crippen LogP contribution in [0.5, 0.6) is 0 Å². The summed E-state index contributed by atoms with van der Waals surface area (Å²) in [7, 11) is 0. The van der Waals surface area contributed by atoms with Gasteiger partial charge in [0.05, 0.1) is 0 Å². The van der Waals surface area contributed by atoms with Crippen LogP contribution in [0, 0.1) is 5.92 Å². The average molecular weight is 145 g/mol. The lowest BCUT2D eigenvalue weighted by atomic mass is 9.86. The standard InChI is InChI=1S/C7H15NS/c1-2-9-8-6-7-4-3-5-7/h7-8H,2-6H2,1H3. The minimum absolute atomic E-state index is 1.00. The molecule has 0 aromatic rings. The van der Waals surface area contributed by atoms with Crippen molar-refractivity contribution in [2.75, 3.05) is 12.3 Å². The van der Waals surface area contributed by atoms with Crippen molar-refractivity contribution < 1.29 is 0 Å². The summed E-state index contributed by atoms with van der Waals surface area (Å²) in [5.74, 6) is 2.19. The van der Waals surface area contributed by atoms with E-state index in [4.69, 9.17) is 0 Å². The van der Waals surface area contributed by atoms with Crippen LogP contribution in [-0.4, -0.2) is 12.3 Å². The highest BCUT2D eigenvalue weighted by molar-refractivity contribution is 7.97. The van der Waals surface area contributed by atoms with E-state index in [0.717, 1.165) is 5.92 Å². The van der Waals surface area contributed by atoms with Gasteiger partial charge in [0.15, 0.2) is 0 Å². The Kier molecular flexibility index (Phi) is 3.44. The Balaban J connectivity index is 1.80. The molecule has 54 valence electrons. The molecule has 0 bridgehead atoms. The van der Waals surface area contributed by atoms with Gasteiger partial charge in [-0.1, -0.05) is 25.3 Å². The summed E-state index contributed by atoms with van der Waals surface area (Å²) in [4.78, 5) is 0. The average Bonchev–Trinajstić information content (AvgIpc) is 1.76. The molecule has 1 aliphatic carbocycles. The Bertz CT molecular complexity index is 71.3. The van der Waals surface area contributed by atoms with Crippen molar-refractivity contribution in [2.24, 2.45) is 5.92 Å². The van der Waals surface area contributed by atoms with Gasteiger partial charge in [0.2, 0.25) is 0 Å². The number of hydrogen-bond donors (Lipinski definition) is 1. The van der Waals surface area contributed by atoms with Gasteiger partial charge in [-0.05, 0) is 18.8 Å². The van der Waals surface area contributed by atoms with Crippen LogP contribution in [0.4, 0.5) is 0 Å². The van der Waals surface area contributed by atoms with E-state index in [1.165, 1.54) is 31.6 Å². The summed E-state index contributed by atoms with van der Waals surface area (Å²) in [6.45, 7) is 3.41. The van der Waals surface area contributed by atoms with Gasteiger partial charge in [0.1, 0.15) is 0 Å². The van der Waals surface area contributed by atoms with Crippen molar-refractivity contribution in [1.82, 2.24) is 4.72 Å². The Morgan fingerprint density at radius 3 is 2.78 bits per heavy atom. The van der Waals surface area contributed by atoms with Gasteiger partial charge in [0, 0.05) is 12.3 Å². The van der Waals surface area contributed by atoms with E-state index < -0.39 is 0 Å². The molecule has 0 aliphatic heterocycles. The van der Waals surface area contributed by atoms with E-state index in [0.29, 0.717) is 0 Å². The Morgan fingerprint density at radius 2 is 2.33 bits per heavy atom.